The molecule has 2 saturated heterocycles. The number of H-pyrrole nitrogens is 1. The number of likely N-dealkylation sites (tertiary alicyclic amines) is 1. The highest BCUT2D eigenvalue weighted by Gasteiger charge is 2.46. The van der Waals surface area contributed by atoms with Crippen molar-refractivity contribution in [3.05, 3.63) is 23.9 Å². The molecule has 0 aliphatic carbocycles. The molecule has 5 rings (SSSR count). The van der Waals surface area contributed by atoms with E-state index in [9.17, 15) is 4.79 Å². The summed E-state index contributed by atoms with van der Waals surface area (Å²) in [5.41, 5.74) is 1.87. The van der Waals surface area contributed by atoms with Gasteiger partial charge in [0.05, 0.1) is 26.8 Å². The molecule has 0 radical (unpaired) electrons. The summed E-state index contributed by atoms with van der Waals surface area (Å²) >= 11 is 0. The van der Waals surface area contributed by atoms with Crippen molar-refractivity contribution in [1.29, 1.82) is 0 Å². The van der Waals surface area contributed by atoms with Crippen LogP contribution in [0.2, 0.25) is 0 Å². The first-order valence-corrected chi connectivity index (χ1v) is 11.2. The average Bonchev–Trinajstić information content (AvgIpc) is 3.25. The Labute approximate surface area is 197 Å². The van der Waals surface area contributed by atoms with Gasteiger partial charge in [0.1, 0.15) is 5.82 Å². The maximum Gasteiger partial charge on any atom is 0.409 e. The first kappa shape index (κ1) is 22.1. The highest BCUT2D eigenvalue weighted by atomic mass is 16.5. The Morgan fingerprint density at radius 3 is 2.38 bits per heavy atom. The third-order valence-corrected chi connectivity index (χ3v) is 6.73. The molecule has 11 heteroatoms. The molecule has 4 heterocycles. The van der Waals surface area contributed by atoms with Gasteiger partial charge in [0.15, 0.2) is 17.3 Å². The van der Waals surface area contributed by atoms with Crippen molar-refractivity contribution >= 4 is 34.6 Å². The predicted octanol–water partition coefficient (Wildman–Crippen LogP) is 3.09. The Bertz CT molecular complexity index is 1210. The molecule has 2 fully saturated rings. The molecule has 2 aliphatic rings. The molecule has 2 N–H and O–H groups in total. The fraction of sp³-hybridized carbons (Fsp3) is 0.478. The Hall–Kier alpha value is -3.76. The lowest BCUT2D eigenvalue weighted by molar-refractivity contribution is 0.0618. The van der Waals surface area contributed by atoms with Gasteiger partial charge in [-0.3, -0.25) is 5.10 Å². The van der Waals surface area contributed by atoms with E-state index in [1.165, 1.54) is 7.11 Å². The van der Waals surface area contributed by atoms with Gasteiger partial charge >= 0.3 is 6.09 Å². The number of rotatable bonds is 5. The number of methoxy groups -OCH3 is 3. The van der Waals surface area contributed by atoms with Gasteiger partial charge in [0, 0.05) is 54.8 Å². The Kier molecular flexibility index (Phi) is 5.54. The molecule has 11 nitrogen and oxygen atoms in total. The third kappa shape index (κ3) is 3.91. The lowest BCUT2D eigenvalue weighted by Crippen LogP contribution is -2.61. The molecule has 2 aromatic heterocycles. The monoisotopic (exact) mass is 467 g/mol. The first-order valence-electron chi connectivity index (χ1n) is 11.2. The van der Waals surface area contributed by atoms with Gasteiger partial charge in [-0.05, 0) is 25.8 Å². The van der Waals surface area contributed by atoms with Gasteiger partial charge in [-0.2, -0.15) is 10.1 Å². The zero-order valence-corrected chi connectivity index (χ0v) is 19.8. The predicted molar refractivity (Wildman–Crippen MR) is 127 cm³/mol. The Morgan fingerprint density at radius 1 is 1.06 bits per heavy atom. The van der Waals surface area contributed by atoms with Gasteiger partial charge in [-0.15, -0.1) is 0 Å². The summed E-state index contributed by atoms with van der Waals surface area (Å²) in [4.78, 5) is 25.5. The second kappa shape index (κ2) is 8.54. The second-order valence-corrected chi connectivity index (χ2v) is 8.97. The number of hydrogen-bond acceptors (Lipinski definition) is 9. The lowest BCUT2D eigenvalue weighted by Gasteiger charge is -2.53. The number of carbonyl (C=O) groups excluding carboxylic acids is 1. The van der Waals surface area contributed by atoms with Crippen molar-refractivity contribution in [2.24, 2.45) is 5.41 Å². The number of aromatic nitrogens is 4. The molecule has 0 atom stereocenters. The molecule has 2 aliphatic heterocycles. The number of aryl methyl sites for hydroxylation is 1. The molecule has 180 valence electrons. The number of amides is 1. The van der Waals surface area contributed by atoms with E-state index in [0.717, 1.165) is 42.5 Å². The van der Waals surface area contributed by atoms with Crippen LogP contribution in [0.3, 0.4) is 0 Å². The lowest BCUT2D eigenvalue weighted by atomic mass is 9.72. The quantitative estimate of drug-likeness (QED) is 0.583. The Morgan fingerprint density at radius 2 is 1.76 bits per heavy atom. The number of benzene rings is 1. The van der Waals surface area contributed by atoms with Crippen LogP contribution in [0.4, 0.5) is 22.4 Å². The highest BCUT2D eigenvalue weighted by Crippen LogP contribution is 2.43. The minimum atomic E-state index is -0.252. The zero-order valence-electron chi connectivity index (χ0n) is 19.8. The van der Waals surface area contributed by atoms with Gasteiger partial charge in [0.2, 0.25) is 5.95 Å². The SMILES string of the molecule is COC(=O)N1CCC2(CC1)CN(c1nc(Nc3cc(C)[nH]n3)c3cc(OC)c(OC)cc3n1)C2. The van der Waals surface area contributed by atoms with Crippen molar-refractivity contribution in [3.63, 3.8) is 0 Å². The summed E-state index contributed by atoms with van der Waals surface area (Å²) in [6.07, 6.45) is 1.63. The number of anilines is 3. The van der Waals surface area contributed by atoms with E-state index in [1.807, 2.05) is 25.1 Å². The molecule has 1 aromatic carbocycles. The molecule has 0 unspecified atom stereocenters. The van der Waals surface area contributed by atoms with E-state index < -0.39 is 0 Å². The van der Waals surface area contributed by atoms with Crippen LogP contribution in [-0.2, 0) is 4.74 Å². The number of piperidine rings is 1. The van der Waals surface area contributed by atoms with Crippen LogP contribution in [0.15, 0.2) is 18.2 Å². The number of carbonyl (C=O) groups is 1. The topological polar surface area (TPSA) is 118 Å². The summed E-state index contributed by atoms with van der Waals surface area (Å²) in [6.45, 7) is 5.06. The van der Waals surface area contributed by atoms with Crippen LogP contribution in [0.1, 0.15) is 18.5 Å². The molecular formula is C23H29N7O4. The summed E-state index contributed by atoms with van der Waals surface area (Å²) < 4.78 is 15.9. The summed E-state index contributed by atoms with van der Waals surface area (Å²) in [5.74, 6) is 3.18. The average molecular weight is 468 g/mol. The van der Waals surface area contributed by atoms with E-state index >= 15 is 0 Å². The van der Waals surface area contributed by atoms with Crippen LogP contribution in [0, 0.1) is 12.3 Å². The van der Waals surface area contributed by atoms with E-state index in [0.29, 0.717) is 42.2 Å². The number of ether oxygens (including phenoxy) is 3. The second-order valence-electron chi connectivity index (χ2n) is 8.97. The van der Waals surface area contributed by atoms with Gasteiger partial charge in [0.25, 0.3) is 0 Å². The number of fused-ring (bicyclic) bond motifs is 1. The molecule has 0 bridgehead atoms. The van der Waals surface area contributed by atoms with Crippen molar-refractivity contribution < 1.29 is 19.0 Å². The first-order chi connectivity index (χ1) is 16.4. The third-order valence-electron chi connectivity index (χ3n) is 6.73. The van der Waals surface area contributed by atoms with Crippen LogP contribution in [0.5, 0.6) is 11.5 Å². The highest BCUT2D eigenvalue weighted by molar-refractivity contribution is 5.94. The minimum Gasteiger partial charge on any atom is -0.493 e. The molecule has 0 saturated carbocycles. The van der Waals surface area contributed by atoms with E-state index in [-0.39, 0.29) is 11.5 Å². The number of nitrogens with zero attached hydrogens (tertiary/aromatic N) is 5. The summed E-state index contributed by atoms with van der Waals surface area (Å²) in [6, 6.07) is 5.66. The van der Waals surface area contributed by atoms with Crippen molar-refractivity contribution in [3.8, 4) is 11.5 Å². The molecule has 34 heavy (non-hydrogen) atoms. The standard InChI is InChI=1S/C23H29N7O4/c1-14-9-19(28-27-14)25-20-15-10-17(32-2)18(33-3)11-16(15)24-21(26-20)30-12-23(13-30)5-7-29(8-6-23)22(31)34-4/h9-11H,5-8,12-13H2,1-4H3,(H2,24,25,26,27,28). The van der Waals surface area contributed by atoms with Crippen LogP contribution >= 0.6 is 0 Å². The van der Waals surface area contributed by atoms with Gasteiger partial charge < -0.3 is 29.3 Å². The minimum absolute atomic E-state index is 0.174. The normalized spacial score (nSPS) is 16.9. The number of hydrogen-bond donors (Lipinski definition) is 2. The largest absolute Gasteiger partial charge is 0.493 e. The molecule has 1 amide bonds. The number of nitrogens with one attached hydrogen (secondary N) is 2. The maximum absolute atomic E-state index is 11.8. The molecule has 1 spiro atoms. The van der Waals surface area contributed by atoms with Crippen molar-refractivity contribution in [2.75, 3.05) is 57.7 Å². The van der Waals surface area contributed by atoms with E-state index in [1.54, 1.807) is 19.1 Å². The summed E-state index contributed by atoms with van der Waals surface area (Å²) in [7, 11) is 4.64. The van der Waals surface area contributed by atoms with E-state index in [2.05, 4.69) is 20.4 Å². The molecular weight excluding hydrogens is 438 g/mol. The van der Waals surface area contributed by atoms with Crippen LogP contribution in [0.25, 0.3) is 10.9 Å². The fourth-order valence-electron chi connectivity index (χ4n) is 4.80. The number of aromatic amines is 1. The smallest absolute Gasteiger partial charge is 0.409 e. The van der Waals surface area contributed by atoms with Crippen molar-refractivity contribution in [1.82, 2.24) is 25.1 Å². The Balaban J connectivity index is 1.43. The molecule has 3 aromatic rings. The van der Waals surface area contributed by atoms with Gasteiger partial charge in [-0.1, -0.05) is 0 Å². The summed E-state index contributed by atoms with van der Waals surface area (Å²) in [5, 5.41) is 11.4. The van der Waals surface area contributed by atoms with Crippen LogP contribution in [-0.4, -0.2) is 78.7 Å². The van der Waals surface area contributed by atoms with E-state index in [4.69, 9.17) is 24.2 Å². The van der Waals surface area contributed by atoms with Gasteiger partial charge in [-0.25, -0.2) is 9.78 Å². The van der Waals surface area contributed by atoms with Crippen LogP contribution < -0.4 is 19.7 Å². The van der Waals surface area contributed by atoms with Crippen molar-refractivity contribution in [2.45, 2.75) is 19.8 Å². The fourth-order valence-corrected chi connectivity index (χ4v) is 4.80. The maximum atomic E-state index is 11.8. The zero-order chi connectivity index (χ0) is 23.9.